The number of hydrogen-bond donors (Lipinski definition) is 2. The highest BCUT2D eigenvalue weighted by Gasteiger charge is 2.16. The van der Waals surface area contributed by atoms with E-state index >= 15 is 0 Å². The summed E-state index contributed by atoms with van der Waals surface area (Å²) in [5, 5.41) is 13.2. The Labute approximate surface area is 113 Å². The molecule has 0 bridgehead atoms. The van der Waals surface area contributed by atoms with Crippen LogP contribution in [0.15, 0.2) is 12.5 Å². The minimum Gasteiger partial charge on any atom is -0.289 e. The van der Waals surface area contributed by atoms with E-state index in [2.05, 4.69) is 35.6 Å². The minimum absolute atomic E-state index is 0.230. The van der Waals surface area contributed by atoms with Crippen molar-refractivity contribution < 1.29 is 4.79 Å². The van der Waals surface area contributed by atoms with E-state index in [-0.39, 0.29) is 11.9 Å². The van der Waals surface area contributed by atoms with Crippen molar-refractivity contribution >= 4 is 17.6 Å². The molecule has 0 atom stereocenters. The van der Waals surface area contributed by atoms with Crippen molar-refractivity contribution in [3.63, 3.8) is 0 Å². The molecule has 2 N–H and O–H groups in total. The molecule has 0 unspecified atom stereocenters. The van der Waals surface area contributed by atoms with Crippen LogP contribution < -0.4 is 5.32 Å². The van der Waals surface area contributed by atoms with Gasteiger partial charge in [-0.2, -0.15) is 15.1 Å². The molecule has 9 nitrogen and oxygen atoms in total. The van der Waals surface area contributed by atoms with Gasteiger partial charge in [0.25, 0.3) is 11.7 Å². The molecule has 1 amide bonds. The van der Waals surface area contributed by atoms with Crippen molar-refractivity contribution in [3.05, 3.63) is 29.6 Å². The first-order valence-electron chi connectivity index (χ1n) is 6.07. The van der Waals surface area contributed by atoms with E-state index in [1.807, 2.05) is 6.92 Å². The predicted octanol–water partition coefficient (Wildman–Crippen LogP) is 0.366. The molecule has 102 valence electrons. The van der Waals surface area contributed by atoms with E-state index in [1.165, 1.54) is 12.5 Å². The lowest BCUT2D eigenvalue weighted by molar-refractivity contribution is 0.102. The molecule has 0 radical (unpaired) electrons. The van der Waals surface area contributed by atoms with Gasteiger partial charge in [0.2, 0.25) is 5.95 Å². The molecule has 0 spiro atoms. The third-order valence-electron chi connectivity index (χ3n) is 2.81. The van der Waals surface area contributed by atoms with E-state index in [4.69, 9.17) is 0 Å². The molecule has 3 aromatic heterocycles. The molecule has 3 heterocycles. The maximum absolute atomic E-state index is 12.3. The highest BCUT2D eigenvalue weighted by Crippen LogP contribution is 2.11. The van der Waals surface area contributed by atoms with Gasteiger partial charge in [-0.25, -0.2) is 9.50 Å². The number of hydrogen-bond acceptors (Lipinski definition) is 6. The van der Waals surface area contributed by atoms with Crippen LogP contribution in [0.1, 0.15) is 28.8 Å². The second kappa shape index (κ2) is 4.68. The van der Waals surface area contributed by atoms with Crippen molar-refractivity contribution in [1.29, 1.82) is 0 Å². The van der Waals surface area contributed by atoms with Gasteiger partial charge in [-0.05, 0) is 13.3 Å². The van der Waals surface area contributed by atoms with Gasteiger partial charge in [-0.1, -0.05) is 6.92 Å². The highest BCUT2D eigenvalue weighted by atomic mass is 16.1. The summed E-state index contributed by atoms with van der Waals surface area (Å²) in [6.45, 7) is 3.69. The minimum atomic E-state index is -0.328. The summed E-state index contributed by atoms with van der Waals surface area (Å²) in [5.74, 6) is 0.993. The van der Waals surface area contributed by atoms with Gasteiger partial charge in [0.15, 0.2) is 0 Å². The van der Waals surface area contributed by atoms with Crippen LogP contribution in [-0.2, 0) is 6.42 Å². The van der Waals surface area contributed by atoms with Crippen LogP contribution in [-0.4, -0.2) is 40.7 Å². The first-order chi connectivity index (χ1) is 9.69. The van der Waals surface area contributed by atoms with Crippen LogP contribution >= 0.6 is 0 Å². The average molecular weight is 272 g/mol. The first-order valence-corrected chi connectivity index (χ1v) is 6.07. The lowest BCUT2D eigenvalue weighted by Crippen LogP contribution is -2.18. The zero-order chi connectivity index (χ0) is 14.1. The van der Waals surface area contributed by atoms with Crippen LogP contribution in [0.25, 0.3) is 5.78 Å². The van der Waals surface area contributed by atoms with Gasteiger partial charge in [0.05, 0.1) is 11.3 Å². The van der Waals surface area contributed by atoms with Gasteiger partial charge < -0.3 is 0 Å². The number of rotatable bonds is 3. The Morgan fingerprint density at radius 2 is 2.30 bits per heavy atom. The Hall–Kier alpha value is -2.84. The summed E-state index contributed by atoms with van der Waals surface area (Å²) >= 11 is 0. The number of anilines is 1. The van der Waals surface area contributed by atoms with E-state index in [9.17, 15) is 4.79 Å². The normalized spacial score (nSPS) is 10.9. The van der Waals surface area contributed by atoms with Gasteiger partial charge in [0, 0.05) is 6.20 Å². The van der Waals surface area contributed by atoms with E-state index < -0.39 is 0 Å². The molecule has 9 heteroatoms. The van der Waals surface area contributed by atoms with Crippen LogP contribution in [0.2, 0.25) is 0 Å². The van der Waals surface area contributed by atoms with Crippen LogP contribution in [0.5, 0.6) is 0 Å². The fourth-order valence-electron chi connectivity index (χ4n) is 1.92. The zero-order valence-corrected chi connectivity index (χ0v) is 11.0. The third-order valence-corrected chi connectivity index (χ3v) is 2.81. The molecular formula is C11H12N8O. The van der Waals surface area contributed by atoms with Gasteiger partial charge in [-0.15, -0.1) is 5.10 Å². The van der Waals surface area contributed by atoms with E-state index in [0.717, 1.165) is 5.69 Å². The summed E-state index contributed by atoms with van der Waals surface area (Å²) in [7, 11) is 0. The molecular weight excluding hydrogens is 260 g/mol. The summed E-state index contributed by atoms with van der Waals surface area (Å²) in [5.41, 5.74) is 1.16. The number of nitrogens with zero attached hydrogens (tertiary/aromatic N) is 6. The topological polar surface area (TPSA) is 114 Å². The number of aromatic nitrogens is 7. The molecule has 0 aliphatic heterocycles. The molecule has 0 aliphatic carbocycles. The van der Waals surface area contributed by atoms with Gasteiger partial charge >= 0.3 is 0 Å². The first kappa shape index (κ1) is 12.2. The van der Waals surface area contributed by atoms with Crippen LogP contribution in [0, 0.1) is 6.92 Å². The summed E-state index contributed by atoms with van der Waals surface area (Å²) in [6.07, 6.45) is 3.51. The van der Waals surface area contributed by atoms with Crippen molar-refractivity contribution in [2.45, 2.75) is 20.3 Å². The maximum atomic E-state index is 12.3. The number of carbonyl (C=O) groups is 1. The van der Waals surface area contributed by atoms with Crippen LogP contribution in [0.4, 0.5) is 5.95 Å². The van der Waals surface area contributed by atoms with Crippen molar-refractivity contribution in [2.24, 2.45) is 0 Å². The summed E-state index contributed by atoms with van der Waals surface area (Å²) < 4.78 is 1.55. The van der Waals surface area contributed by atoms with Gasteiger partial charge in [-0.3, -0.25) is 15.2 Å². The van der Waals surface area contributed by atoms with Crippen molar-refractivity contribution in [1.82, 2.24) is 34.8 Å². The molecule has 0 aliphatic rings. The molecule has 0 saturated heterocycles. The monoisotopic (exact) mass is 272 g/mol. The third kappa shape index (κ3) is 1.98. The highest BCUT2D eigenvalue weighted by molar-refractivity contribution is 6.04. The number of aryl methyl sites for hydroxylation is 2. The Balaban J connectivity index is 1.98. The molecule has 0 aromatic carbocycles. The SMILES string of the molecule is CCc1c(C(=O)Nc2n[nH]c(C)n2)cnc2ncnn12. The second-order valence-electron chi connectivity index (χ2n) is 4.14. The van der Waals surface area contributed by atoms with E-state index in [0.29, 0.717) is 23.6 Å². The Morgan fingerprint density at radius 1 is 1.45 bits per heavy atom. The van der Waals surface area contributed by atoms with Crippen molar-refractivity contribution in [2.75, 3.05) is 5.32 Å². The number of fused-ring (bicyclic) bond motifs is 1. The second-order valence-corrected chi connectivity index (χ2v) is 4.14. The Bertz CT molecular complexity index is 774. The molecule has 0 fully saturated rings. The summed E-state index contributed by atoms with van der Waals surface area (Å²) in [4.78, 5) is 24.4. The largest absolute Gasteiger partial charge is 0.289 e. The number of H-pyrrole nitrogens is 1. The van der Waals surface area contributed by atoms with Gasteiger partial charge in [0.1, 0.15) is 12.2 Å². The fourth-order valence-corrected chi connectivity index (χ4v) is 1.92. The molecule has 3 aromatic rings. The summed E-state index contributed by atoms with van der Waals surface area (Å²) in [6, 6.07) is 0. The number of aromatic amines is 1. The quantitative estimate of drug-likeness (QED) is 0.711. The lowest BCUT2D eigenvalue weighted by Gasteiger charge is -2.07. The molecule has 20 heavy (non-hydrogen) atoms. The Kier molecular flexibility index (Phi) is 2.86. The number of nitrogens with one attached hydrogen (secondary N) is 2. The maximum Gasteiger partial charge on any atom is 0.261 e. The van der Waals surface area contributed by atoms with Crippen LogP contribution in [0.3, 0.4) is 0 Å². The fraction of sp³-hybridized carbons (Fsp3) is 0.273. The smallest absolute Gasteiger partial charge is 0.261 e. The van der Waals surface area contributed by atoms with Crippen molar-refractivity contribution in [3.8, 4) is 0 Å². The average Bonchev–Trinajstić information content (AvgIpc) is 3.06. The molecule has 3 rings (SSSR count). The standard InChI is InChI=1S/C11H12N8O/c1-3-8-7(4-12-11-13-5-14-19(8)11)9(20)16-10-15-6(2)17-18-10/h4-5H,3H2,1-2H3,(H2,15,16,17,18,20). The number of carbonyl (C=O) groups excluding carboxylic acids is 1. The molecule has 0 saturated carbocycles. The number of amides is 1. The lowest BCUT2D eigenvalue weighted by atomic mass is 10.2. The Morgan fingerprint density at radius 3 is 3.00 bits per heavy atom. The predicted molar refractivity (Wildman–Crippen MR) is 69.2 cm³/mol. The van der Waals surface area contributed by atoms with E-state index in [1.54, 1.807) is 11.4 Å². The zero-order valence-electron chi connectivity index (χ0n) is 11.0.